The second-order valence-corrected chi connectivity index (χ2v) is 12.6. The minimum absolute atomic E-state index is 0.0552. The lowest BCUT2D eigenvalue weighted by molar-refractivity contribution is -0.139. The zero-order valence-corrected chi connectivity index (χ0v) is 24.7. The third-order valence-electron chi connectivity index (χ3n) is 7.59. The van der Waals surface area contributed by atoms with Gasteiger partial charge in [-0.1, -0.05) is 73.0 Å². The average Bonchev–Trinajstić information content (AvgIpc) is 3.46. The number of anilines is 1. The van der Waals surface area contributed by atoms with Crippen molar-refractivity contribution in [2.24, 2.45) is 0 Å². The first-order chi connectivity index (χ1) is 19.1. The van der Waals surface area contributed by atoms with Crippen LogP contribution in [-0.2, 0) is 26.2 Å². The number of rotatable bonds is 10. The quantitative estimate of drug-likeness (QED) is 0.336. The normalized spacial score (nSPS) is 14.5. The molecule has 0 aromatic heterocycles. The van der Waals surface area contributed by atoms with Crippen LogP contribution in [0.3, 0.4) is 0 Å². The highest BCUT2D eigenvalue weighted by molar-refractivity contribution is 7.92. The van der Waals surface area contributed by atoms with Crippen LogP contribution < -0.4 is 9.62 Å². The van der Waals surface area contributed by atoms with Crippen molar-refractivity contribution in [1.29, 1.82) is 0 Å². The summed E-state index contributed by atoms with van der Waals surface area (Å²) in [6.07, 6.45) is 3.97. The van der Waals surface area contributed by atoms with Crippen LogP contribution >= 0.6 is 11.6 Å². The molecule has 1 saturated carbocycles. The first-order valence-corrected chi connectivity index (χ1v) is 15.4. The Kier molecular flexibility index (Phi) is 9.53. The van der Waals surface area contributed by atoms with Gasteiger partial charge < -0.3 is 10.2 Å². The summed E-state index contributed by atoms with van der Waals surface area (Å²) in [5.41, 5.74) is 2.70. The third kappa shape index (κ3) is 6.67. The van der Waals surface area contributed by atoms with Gasteiger partial charge in [-0.2, -0.15) is 0 Å². The van der Waals surface area contributed by atoms with Crippen molar-refractivity contribution in [2.45, 2.75) is 70.0 Å². The maximum absolute atomic E-state index is 14.1. The second-order valence-electron chi connectivity index (χ2n) is 10.3. The van der Waals surface area contributed by atoms with Crippen LogP contribution in [0.15, 0.2) is 77.7 Å². The highest BCUT2D eigenvalue weighted by Crippen LogP contribution is 2.31. The van der Waals surface area contributed by atoms with Gasteiger partial charge in [0.15, 0.2) is 0 Å². The predicted molar refractivity (Wildman–Crippen MR) is 159 cm³/mol. The molecular formula is C31H36ClN3O4S. The Morgan fingerprint density at radius 3 is 2.27 bits per heavy atom. The Morgan fingerprint density at radius 1 is 0.950 bits per heavy atom. The van der Waals surface area contributed by atoms with Crippen molar-refractivity contribution in [2.75, 3.05) is 10.8 Å². The predicted octanol–water partition coefficient (Wildman–Crippen LogP) is 5.63. The zero-order valence-electron chi connectivity index (χ0n) is 23.1. The molecule has 3 aromatic rings. The third-order valence-corrected chi connectivity index (χ3v) is 9.77. The Bertz CT molecular complexity index is 1460. The van der Waals surface area contributed by atoms with Crippen LogP contribution in [0.25, 0.3) is 0 Å². The van der Waals surface area contributed by atoms with Gasteiger partial charge in [-0.05, 0) is 74.6 Å². The number of hydrogen-bond donors (Lipinski definition) is 1. The van der Waals surface area contributed by atoms with E-state index in [4.69, 9.17) is 11.6 Å². The second kappa shape index (κ2) is 12.9. The monoisotopic (exact) mass is 581 g/mol. The molecule has 0 aliphatic heterocycles. The summed E-state index contributed by atoms with van der Waals surface area (Å²) in [6.45, 7) is 5.03. The topological polar surface area (TPSA) is 86.8 Å². The number of carbonyl (C=O) groups is 2. The molecule has 0 radical (unpaired) electrons. The molecular weight excluding hydrogens is 546 g/mol. The summed E-state index contributed by atoms with van der Waals surface area (Å²) in [5, 5.41) is 3.48. The molecule has 7 nitrogen and oxygen atoms in total. The van der Waals surface area contributed by atoms with E-state index in [1.54, 1.807) is 50.2 Å². The van der Waals surface area contributed by atoms with E-state index in [-0.39, 0.29) is 23.4 Å². The van der Waals surface area contributed by atoms with Gasteiger partial charge in [0.25, 0.3) is 10.0 Å². The molecule has 2 amide bonds. The van der Waals surface area contributed by atoms with Crippen LogP contribution in [-0.4, -0.2) is 43.8 Å². The molecule has 1 N–H and O–H groups in total. The van der Waals surface area contributed by atoms with Gasteiger partial charge in [-0.15, -0.1) is 0 Å². The molecule has 9 heteroatoms. The first kappa shape index (κ1) is 29.6. The summed E-state index contributed by atoms with van der Waals surface area (Å²) in [5.74, 6) is -0.735. The summed E-state index contributed by atoms with van der Waals surface area (Å²) >= 11 is 6.38. The molecule has 1 unspecified atom stereocenters. The van der Waals surface area contributed by atoms with Crippen molar-refractivity contribution >= 4 is 39.1 Å². The van der Waals surface area contributed by atoms with E-state index in [0.29, 0.717) is 16.3 Å². The Labute approximate surface area is 242 Å². The number of amides is 2. The van der Waals surface area contributed by atoms with Crippen molar-refractivity contribution in [1.82, 2.24) is 10.2 Å². The molecule has 1 fully saturated rings. The van der Waals surface area contributed by atoms with E-state index in [9.17, 15) is 18.0 Å². The van der Waals surface area contributed by atoms with Crippen molar-refractivity contribution in [3.63, 3.8) is 0 Å². The molecule has 1 aliphatic carbocycles. The number of halogens is 1. The maximum atomic E-state index is 14.1. The van der Waals surface area contributed by atoms with Gasteiger partial charge in [0.2, 0.25) is 11.8 Å². The van der Waals surface area contributed by atoms with E-state index < -0.39 is 28.5 Å². The van der Waals surface area contributed by atoms with Gasteiger partial charge in [-0.3, -0.25) is 13.9 Å². The average molecular weight is 582 g/mol. The highest BCUT2D eigenvalue weighted by atomic mass is 35.5. The SMILES string of the molecule is Cc1ccccc1CN(C(=O)CN(c1cccc(Cl)c1C)S(=O)(=O)c1ccccc1)C(C)C(=O)NC1CCCC1. The summed E-state index contributed by atoms with van der Waals surface area (Å²) in [6, 6.07) is 19.9. The van der Waals surface area contributed by atoms with E-state index >= 15 is 0 Å². The molecule has 0 heterocycles. The van der Waals surface area contributed by atoms with Gasteiger partial charge >= 0.3 is 0 Å². The van der Waals surface area contributed by atoms with Crippen molar-refractivity contribution in [3.05, 3.63) is 94.5 Å². The molecule has 0 spiro atoms. The zero-order chi connectivity index (χ0) is 28.9. The van der Waals surface area contributed by atoms with Gasteiger partial charge in [0.1, 0.15) is 12.6 Å². The first-order valence-electron chi connectivity index (χ1n) is 13.6. The van der Waals surface area contributed by atoms with Gasteiger partial charge in [0.05, 0.1) is 10.6 Å². The summed E-state index contributed by atoms with van der Waals surface area (Å²) in [7, 11) is -4.14. The van der Waals surface area contributed by atoms with E-state index in [1.165, 1.54) is 17.0 Å². The lowest BCUT2D eigenvalue weighted by atomic mass is 10.1. The summed E-state index contributed by atoms with van der Waals surface area (Å²) in [4.78, 5) is 29.0. The lowest BCUT2D eigenvalue weighted by Gasteiger charge is -2.33. The Hall–Kier alpha value is -3.36. The standard InChI is InChI=1S/C31H36ClN3O4S/c1-22-12-7-8-13-25(22)20-34(24(3)31(37)33-26-14-9-10-15-26)30(36)21-35(29-19-11-18-28(32)23(29)2)40(38,39)27-16-5-4-6-17-27/h4-8,11-13,16-19,24,26H,9-10,14-15,20-21H2,1-3H3,(H,33,37). The van der Waals surface area contributed by atoms with Crippen LogP contribution in [0.1, 0.15) is 49.3 Å². The molecule has 0 bridgehead atoms. The molecule has 1 atom stereocenters. The lowest BCUT2D eigenvalue weighted by Crippen LogP contribution is -2.52. The molecule has 212 valence electrons. The summed E-state index contributed by atoms with van der Waals surface area (Å²) < 4.78 is 29.0. The minimum atomic E-state index is -4.14. The van der Waals surface area contributed by atoms with Crippen LogP contribution in [0.2, 0.25) is 5.02 Å². The number of hydrogen-bond acceptors (Lipinski definition) is 4. The van der Waals surface area contributed by atoms with E-state index in [1.807, 2.05) is 31.2 Å². The van der Waals surface area contributed by atoms with Crippen molar-refractivity contribution in [3.8, 4) is 0 Å². The number of nitrogens with zero attached hydrogens (tertiary/aromatic N) is 2. The smallest absolute Gasteiger partial charge is 0.264 e. The fourth-order valence-electron chi connectivity index (χ4n) is 5.04. The van der Waals surface area contributed by atoms with E-state index in [2.05, 4.69) is 5.32 Å². The molecule has 4 rings (SSSR count). The van der Waals surface area contributed by atoms with Gasteiger partial charge in [-0.25, -0.2) is 8.42 Å². The molecule has 40 heavy (non-hydrogen) atoms. The fraction of sp³-hybridized carbons (Fsp3) is 0.355. The fourth-order valence-corrected chi connectivity index (χ4v) is 6.71. The number of sulfonamides is 1. The largest absolute Gasteiger partial charge is 0.352 e. The van der Waals surface area contributed by atoms with Crippen molar-refractivity contribution < 1.29 is 18.0 Å². The van der Waals surface area contributed by atoms with Crippen LogP contribution in [0, 0.1) is 13.8 Å². The number of nitrogens with one attached hydrogen (secondary N) is 1. The molecule has 0 saturated heterocycles. The number of benzene rings is 3. The van der Waals surface area contributed by atoms with Crippen LogP contribution in [0.5, 0.6) is 0 Å². The molecule has 1 aliphatic rings. The molecule has 3 aromatic carbocycles. The van der Waals surface area contributed by atoms with Gasteiger partial charge in [0, 0.05) is 17.6 Å². The number of aryl methyl sites for hydroxylation is 1. The number of carbonyl (C=O) groups excluding carboxylic acids is 2. The Balaban J connectivity index is 1.72. The van der Waals surface area contributed by atoms with E-state index in [0.717, 1.165) is 41.1 Å². The minimum Gasteiger partial charge on any atom is -0.352 e. The van der Waals surface area contributed by atoms with Crippen LogP contribution in [0.4, 0.5) is 5.69 Å². The maximum Gasteiger partial charge on any atom is 0.264 e. The Morgan fingerprint density at radius 2 is 1.60 bits per heavy atom. The highest BCUT2D eigenvalue weighted by Gasteiger charge is 2.34.